The Kier molecular flexibility index (Phi) is 5.47. The summed E-state index contributed by atoms with van der Waals surface area (Å²) in [4.78, 5) is 11.7. The number of rotatable bonds is 6. The summed E-state index contributed by atoms with van der Waals surface area (Å²) in [6.45, 7) is 3.95. The van der Waals surface area contributed by atoms with Crippen molar-refractivity contribution in [1.82, 2.24) is 9.78 Å². The van der Waals surface area contributed by atoms with Crippen LogP contribution in [-0.4, -0.2) is 15.7 Å². The highest BCUT2D eigenvalue weighted by Gasteiger charge is 2.15. The highest BCUT2D eigenvalue weighted by Crippen LogP contribution is 2.31. The molecule has 0 atom stereocenters. The van der Waals surface area contributed by atoms with Crippen LogP contribution in [0.4, 0.5) is 15.8 Å². The van der Waals surface area contributed by atoms with Gasteiger partial charge in [0.2, 0.25) is 5.91 Å². The first kappa shape index (κ1) is 18.1. The van der Waals surface area contributed by atoms with Gasteiger partial charge in [0.1, 0.15) is 11.5 Å². The monoisotopic (exact) mass is 362 g/mol. The van der Waals surface area contributed by atoms with Crippen LogP contribution in [-0.2, 0) is 11.3 Å². The van der Waals surface area contributed by atoms with Crippen LogP contribution >= 0.6 is 0 Å². The molecule has 1 amide bonds. The van der Waals surface area contributed by atoms with Crippen molar-refractivity contribution in [3.8, 4) is 11.3 Å². The number of hydrogen-bond acceptors (Lipinski definition) is 3. The third kappa shape index (κ3) is 4.49. The molecule has 136 valence electrons. The molecule has 0 fully saturated rings. The minimum atomic E-state index is -0.432. The zero-order valence-corrected chi connectivity index (χ0v) is 14.6. The van der Waals surface area contributed by atoms with Crippen LogP contribution in [0, 0.1) is 5.82 Å². The molecule has 0 aliphatic carbocycles. The molecule has 6 heteroatoms. The van der Waals surface area contributed by atoms with Gasteiger partial charge in [-0.05, 0) is 29.8 Å². The Balaban J connectivity index is 1.90. The number of halogens is 1. The Morgan fingerprint density at radius 1 is 1.26 bits per heavy atom. The van der Waals surface area contributed by atoms with Crippen molar-refractivity contribution >= 4 is 23.4 Å². The standard InChI is InChI=1S/C21H19FN4O/c1-2-20(27)24-19-14-26(12-6-9-15-7-4-3-5-8-15)25-21(19)17-11-10-16(22)13-18(17)23/h2-11,13-14H,1,12,23H2,(H,24,27)/b9-6+. The fraction of sp³-hybridized carbons (Fsp3) is 0.0476. The van der Waals surface area contributed by atoms with Crippen LogP contribution in [0.15, 0.2) is 73.5 Å². The average molecular weight is 362 g/mol. The van der Waals surface area contributed by atoms with Crippen molar-refractivity contribution in [3.63, 3.8) is 0 Å². The van der Waals surface area contributed by atoms with E-state index in [0.29, 0.717) is 23.5 Å². The number of carbonyl (C=O) groups is 1. The Hall–Kier alpha value is -3.67. The zero-order chi connectivity index (χ0) is 19.2. The molecule has 3 N–H and O–H groups in total. The van der Waals surface area contributed by atoms with E-state index in [1.165, 1.54) is 18.2 Å². The summed E-state index contributed by atoms with van der Waals surface area (Å²) in [7, 11) is 0. The lowest BCUT2D eigenvalue weighted by molar-refractivity contribution is -0.111. The van der Waals surface area contributed by atoms with Crippen molar-refractivity contribution in [1.29, 1.82) is 0 Å². The third-order valence-electron chi connectivity index (χ3n) is 3.88. The fourth-order valence-electron chi connectivity index (χ4n) is 2.60. The van der Waals surface area contributed by atoms with Crippen molar-refractivity contribution < 1.29 is 9.18 Å². The molecule has 5 nitrogen and oxygen atoms in total. The van der Waals surface area contributed by atoms with Crippen LogP contribution in [0.5, 0.6) is 0 Å². The molecule has 3 rings (SSSR count). The molecule has 0 bridgehead atoms. The van der Waals surface area contributed by atoms with Gasteiger partial charge in [-0.1, -0.05) is 49.1 Å². The molecule has 0 unspecified atom stereocenters. The van der Waals surface area contributed by atoms with Gasteiger partial charge < -0.3 is 11.1 Å². The van der Waals surface area contributed by atoms with Crippen LogP contribution in [0.1, 0.15) is 5.56 Å². The summed E-state index contributed by atoms with van der Waals surface area (Å²) in [6.07, 6.45) is 6.81. The molecule has 1 heterocycles. The maximum Gasteiger partial charge on any atom is 0.247 e. The highest BCUT2D eigenvalue weighted by atomic mass is 19.1. The minimum Gasteiger partial charge on any atom is -0.398 e. The lowest BCUT2D eigenvalue weighted by Gasteiger charge is -2.06. The summed E-state index contributed by atoms with van der Waals surface area (Å²) in [5.74, 6) is -0.797. The highest BCUT2D eigenvalue weighted by molar-refractivity contribution is 6.01. The molecule has 0 aliphatic rings. The molecular formula is C21H19FN4O. The van der Waals surface area contributed by atoms with E-state index in [9.17, 15) is 9.18 Å². The van der Waals surface area contributed by atoms with Crippen molar-refractivity contribution in [2.45, 2.75) is 6.54 Å². The predicted octanol–water partition coefficient (Wildman–Crippen LogP) is 4.11. The van der Waals surface area contributed by atoms with Crippen molar-refractivity contribution in [2.24, 2.45) is 0 Å². The topological polar surface area (TPSA) is 72.9 Å². The molecule has 3 aromatic rings. The van der Waals surface area contributed by atoms with E-state index in [1.807, 2.05) is 42.5 Å². The van der Waals surface area contributed by atoms with Crippen molar-refractivity contribution in [2.75, 3.05) is 11.1 Å². The summed E-state index contributed by atoms with van der Waals surface area (Å²) in [6, 6.07) is 14.0. The van der Waals surface area contributed by atoms with Crippen LogP contribution in [0.3, 0.4) is 0 Å². The van der Waals surface area contributed by atoms with Gasteiger partial charge in [0.05, 0.1) is 12.2 Å². The second-order valence-corrected chi connectivity index (χ2v) is 5.85. The molecule has 0 aliphatic heterocycles. The van der Waals surface area contributed by atoms with E-state index in [0.717, 1.165) is 5.56 Å². The Morgan fingerprint density at radius 2 is 2.04 bits per heavy atom. The van der Waals surface area contributed by atoms with Crippen molar-refractivity contribution in [3.05, 3.63) is 84.8 Å². The number of benzene rings is 2. The molecule has 0 spiro atoms. The fourth-order valence-corrected chi connectivity index (χ4v) is 2.60. The Bertz CT molecular complexity index is 993. The molecule has 0 radical (unpaired) electrons. The molecular weight excluding hydrogens is 343 g/mol. The summed E-state index contributed by atoms with van der Waals surface area (Å²) < 4.78 is 15.0. The normalized spacial score (nSPS) is 10.9. The van der Waals surface area contributed by atoms with Gasteiger partial charge in [0.15, 0.2) is 0 Å². The van der Waals surface area contributed by atoms with Crippen LogP contribution in [0.25, 0.3) is 17.3 Å². The third-order valence-corrected chi connectivity index (χ3v) is 3.88. The molecule has 1 aromatic heterocycles. The first-order valence-electron chi connectivity index (χ1n) is 8.34. The molecule has 0 saturated heterocycles. The van der Waals surface area contributed by atoms with Gasteiger partial charge in [-0.2, -0.15) is 5.10 Å². The number of amides is 1. The lowest BCUT2D eigenvalue weighted by atomic mass is 10.1. The minimum absolute atomic E-state index is 0.245. The number of carbonyl (C=O) groups excluding carboxylic acids is 1. The maximum atomic E-state index is 13.4. The number of nitrogens with zero attached hydrogens (tertiary/aromatic N) is 2. The summed E-state index contributed by atoms with van der Waals surface area (Å²) in [5, 5.41) is 7.22. The predicted molar refractivity (Wildman–Crippen MR) is 106 cm³/mol. The number of allylic oxidation sites excluding steroid dienone is 1. The Morgan fingerprint density at radius 3 is 2.74 bits per heavy atom. The smallest absolute Gasteiger partial charge is 0.247 e. The second kappa shape index (κ2) is 8.14. The average Bonchev–Trinajstić information content (AvgIpc) is 3.04. The van der Waals surface area contributed by atoms with Gasteiger partial charge in [0.25, 0.3) is 0 Å². The number of nitrogens with one attached hydrogen (secondary N) is 1. The quantitative estimate of drug-likeness (QED) is 0.512. The summed E-state index contributed by atoms with van der Waals surface area (Å²) in [5.41, 5.74) is 8.75. The van der Waals surface area contributed by atoms with Gasteiger partial charge in [0, 0.05) is 17.4 Å². The van der Waals surface area contributed by atoms with E-state index in [4.69, 9.17) is 5.73 Å². The number of nitrogen functional groups attached to an aromatic ring is 1. The second-order valence-electron chi connectivity index (χ2n) is 5.85. The van der Waals surface area contributed by atoms with E-state index < -0.39 is 5.82 Å². The van der Waals surface area contributed by atoms with Gasteiger partial charge >= 0.3 is 0 Å². The van der Waals surface area contributed by atoms with E-state index in [2.05, 4.69) is 17.0 Å². The largest absolute Gasteiger partial charge is 0.398 e. The van der Waals surface area contributed by atoms with E-state index >= 15 is 0 Å². The van der Waals surface area contributed by atoms with Crippen LogP contribution in [0.2, 0.25) is 0 Å². The van der Waals surface area contributed by atoms with Gasteiger partial charge in [-0.15, -0.1) is 0 Å². The first-order valence-corrected chi connectivity index (χ1v) is 8.34. The number of aromatic nitrogens is 2. The molecule has 27 heavy (non-hydrogen) atoms. The lowest BCUT2D eigenvalue weighted by Crippen LogP contribution is -2.07. The van der Waals surface area contributed by atoms with E-state index in [-0.39, 0.29) is 11.6 Å². The number of hydrogen-bond donors (Lipinski definition) is 2. The molecule has 0 saturated carbocycles. The number of anilines is 2. The first-order chi connectivity index (χ1) is 13.1. The maximum absolute atomic E-state index is 13.4. The molecule has 2 aromatic carbocycles. The van der Waals surface area contributed by atoms with Gasteiger partial charge in [-0.3, -0.25) is 9.48 Å². The van der Waals surface area contributed by atoms with Crippen LogP contribution < -0.4 is 11.1 Å². The number of nitrogens with two attached hydrogens (primary N) is 1. The summed E-state index contributed by atoms with van der Waals surface area (Å²) >= 11 is 0. The van der Waals surface area contributed by atoms with E-state index in [1.54, 1.807) is 16.9 Å². The zero-order valence-electron chi connectivity index (χ0n) is 14.6. The Labute approximate surface area is 156 Å². The SMILES string of the molecule is C=CC(=O)Nc1cn(C/C=C/c2ccccc2)nc1-c1ccc(F)cc1N. The van der Waals surface area contributed by atoms with Gasteiger partial charge in [-0.25, -0.2) is 4.39 Å².